The molecule has 76 valence electrons. The summed E-state index contributed by atoms with van der Waals surface area (Å²) in [7, 11) is 0. The van der Waals surface area contributed by atoms with Gasteiger partial charge in [0.15, 0.2) is 0 Å². The van der Waals surface area contributed by atoms with Gasteiger partial charge in [-0.25, -0.2) is 0 Å². The van der Waals surface area contributed by atoms with Crippen LogP contribution in [0.3, 0.4) is 0 Å². The molecule has 0 spiro atoms. The zero-order valence-electron chi connectivity index (χ0n) is 8.53. The summed E-state index contributed by atoms with van der Waals surface area (Å²) in [6, 6.07) is 9.56. The maximum absolute atomic E-state index is 11.3. The minimum absolute atomic E-state index is 0.0198. The number of amides is 1. The highest BCUT2D eigenvalue weighted by atomic mass is 16.1. The molecule has 1 aromatic heterocycles. The molecule has 2 rings (SSSR count). The van der Waals surface area contributed by atoms with Gasteiger partial charge in [0.25, 0.3) is 0 Å². The number of fused-ring (bicyclic) bond motifs is 1. The molecule has 0 fully saturated rings. The van der Waals surface area contributed by atoms with Crippen LogP contribution >= 0.6 is 0 Å². The van der Waals surface area contributed by atoms with E-state index in [2.05, 4.69) is 10.3 Å². The number of carbonyl (C=O) groups excluding carboxylic acids is 1. The van der Waals surface area contributed by atoms with Crippen molar-refractivity contribution >= 4 is 22.5 Å². The van der Waals surface area contributed by atoms with Gasteiger partial charge in [-0.3, -0.25) is 9.78 Å². The number of hydrogen-bond acceptors (Lipinski definition) is 2. The third-order valence-corrected chi connectivity index (χ3v) is 2.24. The molecule has 0 saturated carbocycles. The molecule has 0 aliphatic heterocycles. The van der Waals surface area contributed by atoms with E-state index in [4.69, 9.17) is 0 Å². The molecule has 0 bridgehead atoms. The fourth-order valence-corrected chi connectivity index (χ4v) is 1.44. The topological polar surface area (TPSA) is 42.0 Å². The number of benzene rings is 1. The summed E-state index contributed by atoms with van der Waals surface area (Å²) in [5.41, 5.74) is 1.72. The molecule has 0 aliphatic carbocycles. The van der Waals surface area contributed by atoms with Crippen LogP contribution in [0.1, 0.15) is 13.3 Å². The quantitative estimate of drug-likeness (QED) is 0.809. The van der Waals surface area contributed by atoms with Crippen LogP contribution in [0.15, 0.2) is 36.5 Å². The molecule has 0 saturated heterocycles. The number of nitrogens with zero attached hydrogens (tertiary/aromatic N) is 1. The van der Waals surface area contributed by atoms with E-state index in [9.17, 15) is 4.79 Å². The Labute approximate surface area is 88.1 Å². The molecule has 3 heteroatoms. The van der Waals surface area contributed by atoms with Crippen molar-refractivity contribution in [3.05, 3.63) is 36.5 Å². The number of rotatable bonds is 2. The van der Waals surface area contributed by atoms with Crippen molar-refractivity contribution in [2.24, 2.45) is 0 Å². The third kappa shape index (κ3) is 1.96. The van der Waals surface area contributed by atoms with Crippen LogP contribution in [0.4, 0.5) is 5.69 Å². The smallest absolute Gasteiger partial charge is 0.224 e. The zero-order valence-corrected chi connectivity index (χ0v) is 8.53. The first kappa shape index (κ1) is 9.65. The van der Waals surface area contributed by atoms with E-state index in [1.807, 2.05) is 37.3 Å². The molecule has 3 nitrogen and oxygen atoms in total. The lowest BCUT2D eigenvalue weighted by Crippen LogP contribution is -2.09. The first-order chi connectivity index (χ1) is 7.31. The maximum atomic E-state index is 11.3. The van der Waals surface area contributed by atoms with Crippen molar-refractivity contribution in [1.82, 2.24) is 4.98 Å². The average Bonchev–Trinajstić information content (AvgIpc) is 2.29. The second-order valence-electron chi connectivity index (χ2n) is 3.28. The van der Waals surface area contributed by atoms with E-state index in [0.717, 1.165) is 16.6 Å². The van der Waals surface area contributed by atoms with Crippen LogP contribution in [0.5, 0.6) is 0 Å². The van der Waals surface area contributed by atoms with E-state index in [1.54, 1.807) is 6.20 Å². The van der Waals surface area contributed by atoms with E-state index in [1.165, 1.54) is 0 Å². The molecule has 15 heavy (non-hydrogen) atoms. The van der Waals surface area contributed by atoms with Crippen LogP contribution in [-0.2, 0) is 4.79 Å². The number of nitrogens with one attached hydrogen (secondary N) is 1. The lowest BCUT2D eigenvalue weighted by atomic mass is 10.2. The summed E-state index contributed by atoms with van der Waals surface area (Å²) in [5, 5.41) is 3.83. The summed E-state index contributed by atoms with van der Waals surface area (Å²) in [6.07, 6.45) is 2.18. The summed E-state index contributed by atoms with van der Waals surface area (Å²) in [4.78, 5) is 15.5. The molecular formula is C12H12N2O. The van der Waals surface area contributed by atoms with Gasteiger partial charge in [-0.05, 0) is 12.1 Å². The van der Waals surface area contributed by atoms with Gasteiger partial charge in [0, 0.05) is 18.0 Å². The van der Waals surface area contributed by atoms with Crippen LogP contribution in [-0.4, -0.2) is 10.9 Å². The van der Waals surface area contributed by atoms with E-state index in [0.29, 0.717) is 6.42 Å². The van der Waals surface area contributed by atoms with Gasteiger partial charge < -0.3 is 5.32 Å². The highest BCUT2D eigenvalue weighted by Gasteiger charge is 2.03. The standard InChI is InChI=1S/C12H12N2O/c1-2-12(15)14-11-7-8-13-10-6-4-3-5-9(10)11/h3-8H,2H2,1H3,(H,13,14,15). The Bertz CT molecular complexity index is 488. The molecule has 1 N–H and O–H groups in total. The number of carbonyl (C=O) groups is 1. The Hall–Kier alpha value is -1.90. The fraction of sp³-hybridized carbons (Fsp3) is 0.167. The average molecular weight is 200 g/mol. The molecule has 1 amide bonds. The Morgan fingerprint density at radius 2 is 2.13 bits per heavy atom. The third-order valence-electron chi connectivity index (χ3n) is 2.24. The van der Waals surface area contributed by atoms with Gasteiger partial charge in [-0.2, -0.15) is 0 Å². The monoisotopic (exact) mass is 200 g/mol. The van der Waals surface area contributed by atoms with E-state index >= 15 is 0 Å². The Balaban J connectivity index is 2.46. The number of para-hydroxylation sites is 1. The van der Waals surface area contributed by atoms with Crippen molar-refractivity contribution in [3.63, 3.8) is 0 Å². The van der Waals surface area contributed by atoms with Crippen LogP contribution in [0, 0.1) is 0 Å². The molecule has 0 atom stereocenters. The number of anilines is 1. The van der Waals surface area contributed by atoms with E-state index in [-0.39, 0.29) is 5.91 Å². The van der Waals surface area contributed by atoms with Gasteiger partial charge in [-0.1, -0.05) is 25.1 Å². The molecule has 1 heterocycles. The van der Waals surface area contributed by atoms with Gasteiger partial charge >= 0.3 is 0 Å². The van der Waals surface area contributed by atoms with E-state index < -0.39 is 0 Å². The second kappa shape index (κ2) is 4.09. The summed E-state index contributed by atoms with van der Waals surface area (Å²) < 4.78 is 0. The molecule has 2 aromatic rings. The number of hydrogen-bond donors (Lipinski definition) is 1. The zero-order chi connectivity index (χ0) is 10.7. The Morgan fingerprint density at radius 3 is 2.93 bits per heavy atom. The van der Waals surface area contributed by atoms with Gasteiger partial charge in [0.1, 0.15) is 0 Å². The summed E-state index contributed by atoms with van der Waals surface area (Å²) in [5.74, 6) is 0.0198. The van der Waals surface area contributed by atoms with Crippen molar-refractivity contribution < 1.29 is 4.79 Å². The highest BCUT2D eigenvalue weighted by molar-refractivity contribution is 6.00. The molecule has 0 aliphatic rings. The number of aromatic nitrogens is 1. The van der Waals surface area contributed by atoms with Crippen molar-refractivity contribution in [2.75, 3.05) is 5.32 Å². The molecule has 1 aromatic carbocycles. The SMILES string of the molecule is CCC(=O)Nc1ccnc2ccccc12. The number of pyridine rings is 1. The Kier molecular flexibility index (Phi) is 2.63. The fourth-order valence-electron chi connectivity index (χ4n) is 1.44. The van der Waals surface area contributed by atoms with Gasteiger partial charge in [0.05, 0.1) is 11.2 Å². The predicted octanol–water partition coefficient (Wildman–Crippen LogP) is 2.58. The first-order valence-electron chi connectivity index (χ1n) is 4.95. The van der Waals surface area contributed by atoms with Crippen molar-refractivity contribution in [1.29, 1.82) is 0 Å². The normalized spacial score (nSPS) is 10.2. The summed E-state index contributed by atoms with van der Waals surface area (Å²) >= 11 is 0. The molecule has 0 radical (unpaired) electrons. The molecular weight excluding hydrogens is 188 g/mol. The lowest BCUT2D eigenvalue weighted by molar-refractivity contribution is -0.115. The van der Waals surface area contributed by atoms with Gasteiger partial charge in [0.2, 0.25) is 5.91 Å². The Morgan fingerprint density at radius 1 is 1.33 bits per heavy atom. The van der Waals surface area contributed by atoms with Crippen molar-refractivity contribution in [2.45, 2.75) is 13.3 Å². The van der Waals surface area contributed by atoms with Crippen LogP contribution < -0.4 is 5.32 Å². The van der Waals surface area contributed by atoms with Gasteiger partial charge in [-0.15, -0.1) is 0 Å². The largest absolute Gasteiger partial charge is 0.325 e. The predicted molar refractivity (Wildman–Crippen MR) is 60.7 cm³/mol. The second-order valence-corrected chi connectivity index (χ2v) is 3.28. The van der Waals surface area contributed by atoms with Crippen LogP contribution in [0.2, 0.25) is 0 Å². The minimum atomic E-state index is 0.0198. The van der Waals surface area contributed by atoms with Crippen LogP contribution in [0.25, 0.3) is 10.9 Å². The first-order valence-corrected chi connectivity index (χ1v) is 4.95. The lowest BCUT2D eigenvalue weighted by Gasteiger charge is -2.06. The summed E-state index contributed by atoms with van der Waals surface area (Å²) in [6.45, 7) is 1.83. The van der Waals surface area contributed by atoms with Crippen molar-refractivity contribution in [3.8, 4) is 0 Å². The minimum Gasteiger partial charge on any atom is -0.325 e. The maximum Gasteiger partial charge on any atom is 0.224 e. The highest BCUT2D eigenvalue weighted by Crippen LogP contribution is 2.20. The molecule has 0 unspecified atom stereocenters.